The lowest BCUT2D eigenvalue weighted by molar-refractivity contribution is 0.308. The van der Waals surface area contributed by atoms with E-state index in [0.29, 0.717) is 18.4 Å². The highest BCUT2D eigenvalue weighted by molar-refractivity contribution is 5.27. The summed E-state index contributed by atoms with van der Waals surface area (Å²) in [5.74, 6) is 1.20. The molecule has 2 rings (SSSR count). The second-order valence-electron chi connectivity index (χ2n) is 4.06. The van der Waals surface area contributed by atoms with E-state index in [1.165, 1.54) is 0 Å². The summed E-state index contributed by atoms with van der Waals surface area (Å²) in [7, 11) is 0. The van der Waals surface area contributed by atoms with Crippen molar-refractivity contribution in [3.8, 4) is 5.88 Å². The molecule has 0 unspecified atom stereocenters. The average molecular weight is 258 g/mol. The quantitative estimate of drug-likeness (QED) is 0.825. The predicted molar refractivity (Wildman–Crippen MR) is 74.2 cm³/mol. The summed E-state index contributed by atoms with van der Waals surface area (Å²) in [6, 6.07) is 7.62. The number of anilines is 1. The van der Waals surface area contributed by atoms with E-state index in [-0.39, 0.29) is 0 Å². The van der Waals surface area contributed by atoms with Gasteiger partial charge in [-0.3, -0.25) is 4.98 Å². The van der Waals surface area contributed by atoms with Gasteiger partial charge in [-0.25, -0.2) is 4.98 Å². The van der Waals surface area contributed by atoms with Crippen molar-refractivity contribution in [3.63, 3.8) is 0 Å². The van der Waals surface area contributed by atoms with Crippen molar-refractivity contribution in [1.82, 2.24) is 15.0 Å². The van der Waals surface area contributed by atoms with Crippen LogP contribution < -0.4 is 10.1 Å². The molecule has 0 aliphatic rings. The van der Waals surface area contributed by atoms with Gasteiger partial charge in [0.2, 0.25) is 11.8 Å². The number of aromatic nitrogens is 3. The van der Waals surface area contributed by atoms with Crippen LogP contribution in [0.5, 0.6) is 5.88 Å². The van der Waals surface area contributed by atoms with E-state index in [2.05, 4.69) is 27.2 Å². The van der Waals surface area contributed by atoms with Crippen LogP contribution in [0.2, 0.25) is 0 Å². The number of ether oxygens (including phenoxy) is 1. The van der Waals surface area contributed by atoms with E-state index in [1.807, 2.05) is 18.2 Å². The molecule has 0 saturated carbocycles. The van der Waals surface area contributed by atoms with Gasteiger partial charge >= 0.3 is 0 Å². The lowest BCUT2D eigenvalue weighted by Crippen LogP contribution is -2.07. The van der Waals surface area contributed by atoms with E-state index in [1.54, 1.807) is 18.5 Å². The van der Waals surface area contributed by atoms with Gasteiger partial charge in [-0.2, -0.15) is 4.98 Å². The van der Waals surface area contributed by atoms with Crippen LogP contribution in [0.3, 0.4) is 0 Å². The summed E-state index contributed by atoms with van der Waals surface area (Å²) in [5.41, 5.74) is 1.01. The van der Waals surface area contributed by atoms with Gasteiger partial charge in [-0.1, -0.05) is 13.0 Å². The summed E-state index contributed by atoms with van der Waals surface area (Å²) in [6.07, 6.45) is 5.28. The molecule has 0 atom stereocenters. The number of hydrogen-bond donors (Lipinski definition) is 1. The summed E-state index contributed by atoms with van der Waals surface area (Å²) >= 11 is 0. The predicted octanol–water partition coefficient (Wildman–Crippen LogP) is 2.32. The highest BCUT2D eigenvalue weighted by atomic mass is 16.5. The highest BCUT2D eigenvalue weighted by Gasteiger charge is 2.00. The zero-order valence-corrected chi connectivity index (χ0v) is 11.0. The molecule has 0 radical (unpaired) electrons. The Balaban J connectivity index is 1.82. The maximum Gasteiger partial charge on any atom is 0.225 e. The SMILES string of the molecule is CCCNc1nccc(OCCc2ccccn2)n1. The maximum absolute atomic E-state index is 5.60. The number of pyridine rings is 1. The molecule has 0 amide bonds. The smallest absolute Gasteiger partial charge is 0.225 e. The van der Waals surface area contributed by atoms with Crippen molar-refractivity contribution >= 4 is 5.95 Å². The second kappa shape index (κ2) is 7.31. The zero-order valence-electron chi connectivity index (χ0n) is 11.0. The third-order valence-electron chi connectivity index (χ3n) is 2.50. The summed E-state index contributed by atoms with van der Waals surface area (Å²) in [5, 5.41) is 3.13. The molecule has 5 heteroatoms. The normalized spacial score (nSPS) is 10.2. The molecule has 1 N–H and O–H groups in total. The van der Waals surface area contributed by atoms with Crippen molar-refractivity contribution in [3.05, 3.63) is 42.4 Å². The minimum absolute atomic E-state index is 0.557. The third kappa shape index (κ3) is 4.54. The Morgan fingerprint density at radius 3 is 2.89 bits per heavy atom. The summed E-state index contributed by atoms with van der Waals surface area (Å²) in [6.45, 7) is 3.51. The van der Waals surface area contributed by atoms with Gasteiger partial charge in [0.1, 0.15) is 0 Å². The van der Waals surface area contributed by atoms with Crippen LogP contribution in [0, 0.1) is 0 Å². The molecule has 2 aromatic heterocycles. The maximum atomic E-state index is 5.60. The van der Waals surface area contributed by atoms with Crippen molar-refractivity contribution in [1.29, 1.82) is 0 Å². The van der Waals surface area contributed by atoms with Crippen LogP contribution in [0.15, 0.2) is 36.7 Å². The molecular weight excluding hydrogens is 240 g/mol. The van der Waals surface area contributed by atoms with E-state index in [0.717, 1.165) is 25.1 Å². The molecule has 0 aliphatic carbocycles. The molecule has 0 bridgehead atoms. The van der Waals surface area contributed by atoms with Gasteiger partial charge in [0, 0.05) is 37.1 Å². The molecule has 2 aromatic rings. The molecule has 0 aromatic carbocycles. The Kier molecular flexibility index (Phi) is 5.10. The van der Waals surface area contributed by atoms with Crippen LogP contribution in [0.1, 0.15) is 19.0 Å². The van der Waals surface area contributed by atoms with E-state index in [9.17, 15) is 0 Å². The molecule has 19 heavy (non-hydrogen) atoms. The number of hydrogen-bond acceptors (Lipinski definition) is 5. The first kappa shape index (κ1) is 13.3. The summed E-state index contributed by atoms with van der Waals surface area (Å²) < 4.78 is 5.60. The van der Waals surface area contributed by atoms with Crippen LogP contribution >= 0.6 is 0 Å². The van der Waals surface area contributed by atoms with Crippen LogP contribution in [0.4, 0.5) is 5.95 Å². The van der Waals surface area contributed by atoms with Crippen molar-refractivity contribution in [2.45, 2.75) is 19.8 Å². The first-order chi connectivity index (χ1) is 9.38. The lowest BCUT2D eigenvalue weighted by atomic mass is 10.3. The number of nitrogens with zero attached hydrogens (tertiary/aromatic N) is 3. The van der Waals surface area contributed by atoms with Crippen LogP contribution in [-0.2, 0) is 6.42 Å². The van der Waals surface area contributed by atoms with Crippen LogP contribution in [0.25, 0.3) is 0 Å². The molecule has 5 nitrogen and oxygen atoms in total. The standard InChI is InChI=1S/C14H18N4O/c1-2-8-16-14-17-10-6-13(18-14)19-11-7-12-5-3-4-9-15-12/h3-6,9-10H,2,7-8,11H2,1H3,(H,16,17,18). The molecule has 0 fully saturated rings. The minimum atomic E-state index is 0.557. The highest BCUT2D eigenvalue weighted by Crippen LogP contribution is 2.08. The first-order valence-corrected chi connectivity index (χ1v) is 6.48. The average Bonchev–Trinajstić information content (AvgIpc) is 2.47. The molecule has 0 aliphatic heterocycles. The summed E-state index contributed by atoms with van der Waals surface area (Å²) in [4.78, 5) is 12.6. The number of nitrogens with one attached hydrogen (secondary N) is 1. The molecule has 0 spiro atoms. The van der Waals surface area contributed by atoms with E-state index < -0.39 is 0 Å². The lowest BCUT2D eigenvalue weighted by Gasteiger charge is -2.07. The third-order valence-corrected chi connectivity index (χ3v) is 2.50. The van der Waals surface area contributed by atoms with E-state index >= 15 is 0 Å². The fourth-order valence-electron chi connectivity index (χ4n) is 1.55. The largest absolute Gasteiger partial charge is 0.477 e. The Hall–Kier alpha value is -2.17. The molecular formula is C14H18N4O. The van der Waals surface area contributed by atoms with Gasteiger partial charge < -0.3 is 10.1 Å². The number of rotatable bonds is 7. The topological polar surface area (TPSA) is 59.9 Å². The molecule has 0 saturated heterocycles. The van der Waals surface area contributed by atoms with Gasteiger partial charge in [-0.15, -0.1) is 0 Å². The monoisotopic (exact) mass is 258 g/mol. The van der Waals surface area contributed by atoms with Gasteiger partial charge in [0.05, 0.1) is 6.61 Å². The fourth-order valence-corrected chi connectivity index (χ4v) is 1.55. The Morgan fingerprint density at radius 2 is 2.11 bits per heavy atom. The van der Waals surface area contributed by atoms with Gasteiger partial charge in [0.15, 0.2) is 0 Å². The van der Waals surface area contributed by atoms with Gasteiger partial charge in [-0.05, 0) is 18.6 Å². The molecule has 2 heterocycles. The van der Waals surface area contributed by atoms with Crippen molar-refractivity contribution in [2.75, 3.05) is 18.5 Å². The Bertz CT molecular complexity index is 490. The fraction of sp³-hybridized carbons (Fsp3) is 0.357. The van der Waals surface area contributed by atoms with Crippen molar-refractivity contribution in [2.24, 2.45) is 0 Å². The Morgan fingerprint density at radius 1 is 1.16 bits per heavy atom. The van der Waals surface area contributed by atoms with E-state index in [4.69, 9.17) is 4.74 Å². The van der Waals surface area contributed by atoms with Crippen LogP contribution in [-0.4, -0.2) is 28.1 Å². The molecule has 100 valence electrons. The zero-order chi connectivity index (χ0) is 13.3. The minimum Gasteiger partial charge on any atom is -0.477 e. The Labute approximate surface area is 113 Å². The first-order valence-electron chi connectivity index (χ1n) is 6.48. The van der Waals surface area contributed by atoms with Crippen molar-refractivity contribution < 1.29 is 4.74 Å². The van der Waals surface area contributed by atoms with Gasteiger partial charge in [0.25, 0.3) is 0 Å². The second-order valence-corrected chi connectivity index (χ2v) is 4.06.